The third kappa shape index (κ3) is 3.67. The number of aromatic nitrogens is 2. The van der Waals surface area contributed by atoms with Crippen molar-refractivity contribution < 1.29 is 13.2 Å². The molecule has 0 aliphatic carbocycles. The van der Waals surface area contributed by atoms with Crippen LogP contribution in [0.3, 0.4) is 0 Å². The molecule has 0 spiro atoms. The van der Waals surface area contributed by atoms with Gasteiger partial charge in [-0.25, -0.2) is 13.1 Å². The van der Waals surface area contributed by atoms with Crippen LogP contribution < -0.4 is 10.0 Å². The van der Waals surface area contributed by atoms with E-state index in [0.717, 1.165) is 0 Å². The molecular formula is C13H16N4O3S. The lowest BCUT2D eigenvalue weighted by Crippen LogP contribution is -2.23. The predicted octanol–water partition coefficient (Wildman–Crippen LogP) is 0.258. The fraction of sp³-hybridized carbons (Fsp3) is 0.231. The highest BCUT2D eigenvalue weighted by atomic mass is 32.2. The molecule has 1 aromatic heterocycles. The standard InChI is InChI=1S/C13H16N4O3S/c1-14-21(19,20)12-5-3-4-10(6-12)7-15-13(18)11-8-16-17(2)9-11/h3-6,8-9,14H,7H2,1-2H3,(H,15,18). The Bertz CT molecular complexity index is 752. The van der Waals surface area contributed by atoms with Gasteiger partial charge in [0.25, 0.3) is 5.91 Å². The molecule has 1 amide bonds. The molecule has 0 atom stereocenters. The molecule has 2 N–H and O–H groups in total. The number of aryl methyl sites for hydroxylation is 1. The molecule has 112 valence electrons. The maximum Gasteiger partial charge on any atom is 0.254 e. The van der Waals surface area contributed by atoms with Crippen LogP contribution >= 0.6 is 0 Å². The summed E-state index contributed by atoms with van der Waals surface area (Å²) in [4.78, 5) is 12.0. The average Bonchev–Trinajstić information content (AvgIpc) is 2.92. The molecular weight excluding hydrogens is 292 g/mol. The highest BCUT2D eigenvalue weighted by Gasteiger charge is 2.12. The molecule has 0 unspecified atom stereocenters. The predicted molar refractivity (Wildman–Crippen MR) is 77.1 cm³/mol. The number of nitrogens with zero attached hydrogens (tertiary/aromatic N) is 2. The first-order valence-electron chi connectivity index (χ1n) is 6.22. The van der Waals surface area contributed by atoms with E-state index < -0.39 is 10.0 Å². The first-order valence-corrected chi connectivity index (χ1v) is 7.70. The Hall–Kier alpha value is -2.19. The van der Waals surface area contributed by atoms with Gasteiger partial charge in [-0.15, -0.1) is 0 Å². The maximum absolute atomic E-state index is 11.9. The lowest BCUT2D eigenvalue weighted by Gasteiger charge is -2.07. The molecule has 0 fully saturated rings. The second kappa shape index (κ2) is 6.06. The summed E-state index contributed by atoms with van der Waals surface area (Å²) in [5.41, 5.74) is 1.15. The number of hydrogen-bond acceptors (Lipinski definition) is 4. The zero-order chi connectivity index (χ0) is 15.5. The van der Waals surface area contributed by atoms with E-state index in [9.17, 15) is 13.2 Å². The smallest absolute Gasteiger partial charge is 0.254 e. The van der Waals surface area contributed by atoms with Crippen LogP contribution in [-0.4, -0.2) is 31.2 Å². The van der Waals surface area contributed by atoms with Gasteiger partial charge < -0.3 is 5.32 Å². The van der Waals surface area contributed by atoms with Crippen molar-refractivity contribution in [3.05, 3.63) is 47.8 Å². The minimum atomic E-state index is -3.48. The van der Waals surface area contributed by atoms with E-state index in [1.807, 2.05) is 0 Å². The van der Waals surface area contributed by atoms with Crippen LogP contribution in [0.15, 0.2) is 41.6 Å². The molecule has 8 heteroatoms. The van der Waals surface area contributed by atoms with Crippen LogP contribution in [0.2, 0.25) is 0 Å². The van der Waals surface area contributed by atoms with Gasteiger partial charge in [-0.3, -0.25) is 9.48 Å². The molecule has 0 radical (unpaired) electrons. The molecule has 0 saturated carbocycles. The summed E-state index contributed by atoms with van der Waals surface area (Å²) < 4.78 is 27.2. The summed E-state index contributed by atoms with van der Waals surface area (Å²) in [6.07, 6.45) is 3.08. The van der Waals surface area contributed by atoms with E-state index >= 15 is 0 Å². The van der Waals surface area contributed by atoms with Crippen molar-refractivity contribution in [1.29, 1.82) is 0 Å². The minimum absolute atomic E-state index is 0.165. The van der Waals surface area contributed by atoms with Gasteiger partial charge in [0.1, 0.15) is 0 Å². The van der Waals surface area contributed by atoms with Gasteiger partial charge in [-0.2, -0.15) is 5.10 Å². The summed E-state index contributed by atoms with van der Waals surface area (Å²) in [5, 5.41) is 6.64. The Morgan fingerprint density at radius 2 is 2.14 bits per heavy atom. The van der Waals surface area contributed by atoms with Crippen LogP contribution in [0.25, 0.3) is 0 Å². The van der Waals surface area contributed by atoms with Crippen molar-refractivity contribution in [2.24, 2.45) is 7.05 Å². The Kier molecular flexibility index (Phi) is 4.39. The van der Waals surface area contributed by atoms with Crippen LogP contribution in [0.1, 0.15) is 15.9 Å². The Balaban J connectivity index is 2.07. The number of carbonyl (C=O) groups excluding carboxylic acids is 1. The zero-order valence-corrected chi connectivity index (χ0v) is 12.5. The Labute approximate surface area is 123 Å². The molecule has 21 heavy (non-hydrogen) atoms. The fourth-order valence-corrected chi connectivity index (χ4v) is 2.56. The summed E-state index contributed by atoms with van der Waals surface area (Å²) in [6.45, 7) is 0.237. The van der Waals surface area contributed by atoms with Gasteiger partial charge >= 0.3 is 0 Å². The third-order valence-electron chi connectivity index (χ3n) is 2.90. The number of carbonyl (C=O) groups is 1. The molecule has 1 heterocycles. The number of hydrogen-bond donors (Lipinski definition) is 2. The van der Waals surface area contributed by atoms with E-state index in [1.54, 1.807) is 25.4 Å². The number of rotatable bonds is 5. The fourth-order valence-electron chi connectivity index (χ4n) is 1.76. The molecule has 0 saturated heterocycles. The summed E-state index contributed by atoms with van der Waals surface area (Å²) in [5.74, 6) is -0.259. The van der Waals surface area contributed by atoms with Crippen LogP contribution in [0.5, 0.6) is 0 Å². The molecule has 0 aliphatic heterocycles. The van der Waals surface area contributed by atoms with E-state index in [2.05, 4.69) is 15.1 Å². The maximum atomic E-state index is 11.9. The van der Waals surface area contributed by atoms with Gasteiger partial charge in [0, 0.05) is 19.8 Å². The Morgan fingerprint density at radius 3 is 2.76 bits per heavy atom. The monoisotopic (exact) mass is 308 g/mol. The van der Waals surface area contributed by atoms with Crippen LogP contribution in [0, 0.1) is 0 Å². The number of benzene rings is 1. The average molecular weight is 308 g/mol. The highest BCUT2D eigenvalue weighted by molar-refractivity contribution is 7.89. The normalized spacial score (nSPS) is 11.3. The van der Waals surface area contributed by atoms with Crippen molar-refractivity contribution >= 4 is 15.9 Å². The highest BCUT2D eigenvalue weighted by Crippen LogP contribution is 2.11. The molecule has 0 aliphatic rings. The molecule has 0 bridgehead atoms. The summed E-state index contributed by atoms with van der Waals surface area (Å²) >= 11 is 0. The van der Waals surface area contributed by atoms with Gasteiger partial charge in [-0.1, -0.05) is 12.1 Å². The number of amides is 1. The molecule has 2 rings (SSSR count). The second-order valence-electron chi connectivity index (χ2n) is 4.44. The van der Waals surface area contributed by atoms with Crippen molar-refractivity contribution in [3.8, 4) is 0 Å². The molecule has 2 aromatic rings. The SMILES string of the molecule is CNS(=O)(=O)c1cccc(CNC(=O)c2cnn(C)c2)c1. The van der Waals surface area contributed by atoms with E-state index in [0.29, 0.717) is 11.1 Å². The first kappa shape index (κ1) is 15.2. The van der Waals surface area contributed by atoms with Gasteiger partial charge in [0.2, 0.25) is 10.0 Å². The number of nitrogens with one attached hydrogen (secondary N) is 2. The second-order valence-corrected chi connectivity index (χ2v) is 6.33. The summed E-state index contributed by atoms with van der Waals surface area (Å²) in [6, 6.07) is 6.40. The van der Waals surface area contributed by atoms with Crippen molar-refractivity contribution in [2.75, 3.05) is 7.05 Å². The van der Waals surface area contributed by atoms with E-state index in [1.165, 1.54) is 30.1 Å². The topological polar surface area (TPSA) is 93.1 Å². The van der Waals surface area contributed by atoms with E-state index in [-0.39, 0.29) is 17.3 Å². The first-order chi connectivity index (χ1) is 9.92. The largest absolute Gasteiger partial charge is 0.348 e. The lowest BCUT2D eigenvalue weighted by molar-refractivity contribution is 0.0951. The third-order valence-corrected chi connectivity index (χ3v) is 4.31. The van der Waals surface area contributed by atoms with Crippen LogP contribution in [0.4, 0.5) is 0 Å². The zero-order valence-electron chi connectivity index (χ0n) is 11.7. The minimum Gasteiger partial charge on any atom is -0.348 e. The van der Waals surface area contributed by atoms with Gasteiger partial charge in [0.05, 0.1) is 16.7 Å². The summed E-state index contributed by atoms with van der Waals surface area (Å²) in [7, 11) is -0.406. The Morgan fingerprint density at radius 1 is 1.38 bits per heavy atom. The van der Waals surface area contributed by atoms with Gasteiger partial charge in [-0.05, 0) is 24.7 Å². The quantitative estimate of drug-likeness (QED) is 0.828. The van der Waals surface area contributed by atoms with Crippen molar-refractivity contribution in [3.63, 3.8) is 0 Å². The van der Waals surface area contributed by atoms with E-state index in [4.69, 9.17) is 0 Å². The van der Waals surface area contributed by atoms with Gasteiger partial charge in [0.15, 0.2) is 0 Å². The molecule has 1 aromatic carbocycles. The van der Waals surface area contributed by atoms with Crippen molar-refractivity contribution in [1.82, 2.24) is 19.8 Å². The lowest BCUT2D eigenvalue weighted by atomic mass is 10.2. The van der Waals surface area contributed by atoms with Crippen molar-refractivity contribution in [2.45, 2.75) is 11.4 Å². The molecule has 7 nitrogen and oxygen atoms in total. The number of sulfonamides is 1. The van der Waals surface area contributed by atoms with Crippen LogP contribution in [-0.2, 0) is 23.6 Å².